The first-order chi connectivity index (χ1) is 15.5. The maximum Gasteiger partial charge on any atom is 0.257 e. The molecule has 0 saturated carbocycles. The molecule has 3 aromatic rings. The lowest BCUT2D eigenvalue weighted by Crippen LogP contribution is -2.54. The first kappa shape index (κ1) is 19.0. The van der Waals surface area contributed by atoms with Crippen LogP contribution in [-0.2, 0) is 4.79 Å². The normalized spacial score (nSPS) is 27.9. The minimum atomic E-state index is -1.19. The number of benzene rings is 3. The van der Waals surface area contributed by atoms with Gasteiger partial charge in [-0.15, -0.1) is 0 Å². The van der Waals surface area contributed by atoms with Crippen LogP contribution in [0.25, 0.3) is 0 Å². The van der Waals surface area contributed by atoms with E-state index in [2.05, 4.69) is 5.32 Å². The molecule has 1 N–H and O–H groups in total. The molecule has 160 valence electrons. The number of anilines is 1. The van der Waals surface area contributed by atoms with Gasteiger partial charge in [0.05, 0.1) is 23.9 Å². The predicted octanol–water partition coefficient (Wildman–Crippen LogP) is 4.53. The summed E-state index contributed by atoms with van der Waals surface area (Å²) >= 11 is 0. The summed E-state index contributed by atoms with van der Waals surface area (Å²) in [7, 11) is 0. The van der Waals surface area contributed by atoms with Crippen molar-refractivity contribution in [2.24, 2.45) is 5.92 Å². The van der Waals surface area contributed by atoms with Gasteiger partial charge >= 0.3 is 0 Å². The van der Waals surface area contributed by atoms with Crippen molar-refractivity contribution in [1.82, 2.24) is 4.90 Å². The van der Waals surface area contributed by atoms with Gasteiger partial charge in [-0.2, -0.15) is 0 Å². The number of amides is 2. The van der Waals surface area contributed by atoms with Crippen LogP contribution in [0.3, 0.4) is 0 Å². The van der Waals surface area contributed by atoms with E-state index in [1.54, 1.807) is 4.90 Å². The Morgan fingerprint density at radius 3 is 2.59 bits per heavy atom. The number of halogens is 1. The summed E-state index contributed by atoms with van der Waals surface area (Å²) in [5, 5.41) is 2.92. The van der Waals surface area contributed by atoms with Gasteiger partial charge in [0.1, 0.15) is 17.1 Å². The fourth-order valence-corrected chi connectivity index (χ4v) is 5.83. The highest BCUT2D eigenvalue weighted by molar-refractivity contribution is 6.12. The van der Waals surface area contributed by atoms with Gasteiger partial charge in [-0.25, -0.2) is 4.39 Å². The summed E-state index contributed by atoms with van der Waals surface area (Å²) in [5.41, 5.74) is 1.15. The Morgan fingerprint density at radius 2 is 1.78 bits per heavy atom. The predicted molar refractivity (Wildman–Crippen MR) is 117 cm³/mol. The highest BCUT2D eigenvalue weighted by atomic mass is 19.1. The van der Waals surface area contributed by atoms with Crippen LogP contribution >= 0.6 is 0 Å². The monoisotopic (exact) mass is 428 g/mol. The average molecular weight is 428 g/mol. The van der Waals surface area contributed by atoms with Crippen LogP contribution in [0, 0.1) is 11.7 Å². The Labute approximate surface area is 184 Å². The van der Waals surface area contributed by atoms with E-state index in [0.717, 1.165) is 11.1 Å². The molecule has 1 saturated heterocycles. The number of ether oxygens (including phenoxy) is 1. The fraction of sp³-hybridized carbons (Fsp3) is 0.231. The van der Waals surface area contributed by atoms with E-state index in [1.165, 1.54) is 18.2 Å². The third-order valence-electron chi connectivity index (χ3n) is 7.18. The molecule has 0 aromatic heterocycles. The standard InChI is InChI=1S/C26H21FN2O3/c1-26-22(15-7-3-2-4-8-15)19-14-32-21-10-6-5-9-17(21)23(19)29(26)24(30)18-13-16(27)11-12-20(18)28-25(26)31/h2-13,19,22-23H,14H2,1H3,(H,28,31)/t19-,22+,23+,26-/m1/s1. The van der Waals surface area contributed by atoms with Gasteiger partial charge in [0.25, 0.3) is 11.8 Å². The van der Waals surface area contributed by atoms with Crippen LogP contribution in [0.5, 0.6) is 5.75 Å². The third-order valence-corrected chi connectivity index (χ3v) is 7.18. The van der Waals surface area contributed by atoms with Crippen molar-refractivity contribution in [2.45, 2.75) is 24.4 Å². The number of nitrogens with one attached hydrogen (secondary N) is 1. The molecular weight excluding hydrogens is 407 g/mol. The number of rotatable bonds is 1. The van der Waals surface area contributed by atoms with Crippen LogP contribution in [-0.4, -0.2) is 28.9 Å². The zero-order valence-corrected chi connectivity index (χ0v) is 17.4. The Bertz CT molecular complexity index is 1260. The molecule has 6 rings (SSSR count). The molecule has 3 aliphatic rings. The van der Waals surface area contributed by atoms with Gasteiger partial charge in [0.2, 0.25) is 0 Å². The third kappa shape index (κ3) is 2.43. The van der Waals surface area contributed by atoms with Gasteiger partial charge in [0.15, 0.2) is 0 Å². The second-order valence-corrected chi connectivity index (χ2v) is 8.81. The number of hydrogen-bond acceptors (Lipinski definition) is 3. The number of hydrogen-bond donors (Lipinski definition) is 1. The maximum atomic E-state index is 14.1. The molecule has 32 heavy (non-hydrogen) atoms. The molecule has 0 radical (unpaired) electrons. The molecule has 3 aromatic carbocycles. The van der Waals surface area contributed by atoms with Crippen molar-refractivity contribution in [2.75, 3.05) is 11.9 Å². The molecule has 5 nitrogen and oxygen atoms in total. The van der Waals surface area contributed by atoms with E-state index in [-0.39, 0.29) is 35.3 Å². The number of fused-ring (bicyclic) bond motifs is 6. The Balaban J connectivity index is 1.63. The first-order valence-corrected chi connectivity index (χ1v) is 10.7. The molecule has 2 amide bonds. The van der Waals surface area contributed by atoms with Crippen LogP contribution in [0.4, 0.5) is 10.1 Å². The summed E-state index contributed by atoms with van der Waals surface area (Å²) in [6, 6.07) is 21.0. The van der Waals surface area contributed by atoms with Gasteiger partial charge in [-0.3, -0.25) is 9.59 Å². The summed E-state index contributed by atoms with van der Waals surface area (Å²) in [5.74, 6) is -0.880. The van der Waals surface area contributed by atoms with Gasteiger partial charge < -0.3 is 15.0 Å². The summed E-state index contributed by atoms with van der Waals surface area (Å²) in [6.07, 6.45) is 0. The zero-order valence-electron chi connectivity index (χ0n) is 17.4. The number of nitrogens with zero attached hydrogens (tertiary/aromatic N) is 1. The van der Waals surface area contributed by atoms with Crippen LogP contribution in [0.1, 0.15) is 40.4 Å². The molecule has 0 spiro atoms. The van der Waals surface area contributed by atoms with Crippen molar-refractivity contribution in [3.8, 4) is 5.75 Å². The maximum absolute atomic E-state index is 14.1. The zero-order chi connectivity index (χ0) is 22.0. The molecule has 4 atom stereocenters. The minimum absolute atomic E-state index is 0.137. The number of carbonyl (C=O) groups is 2. The van der Waals surface area contributed by atoms with Gasteiger partial charge in [-0.1, -0.05) is 48.5 Å². The van der Waals surface area contributed by atoms with Crippen molar-refractivity contribution < 1.29 is 18.7 Å². The number of para-hydroxylation sites is 1. The quantitative estimate of drug-likeness (QED) is 0.620. The highest BCUT2D eigenvalue weighted by Crippen LogP contribution is 2.59. The lowest BCUT2D eigenvalue weighted by atomic mass is 9.73. The summed E-state index contributed by atoms with van der Waals surface area (Å²) < 4.78 is 20.2. The molecular formula is C26H21FN2O3. The SMILES string of the molecule is C[C@@]12C(=O)Nc3ccc(F)cc3C(=O)N1[C@H]1c3ccccc3OC[C@@H]1[C@@H]2c1ccccc1. The summed E-state index contributed by atoms with van der Waals surface area (Å²) in [6.45, 7) is 2.20. The van der Waals surface area contributed by atoms with E-state index in [1.807, 2.05) is 61.5 Å². The fourth-order valence-electron chi connectivity index (χ4n) is 5.83. The van der Waals surface area contributed by atoms with Crippen molar-refractivity contribution in [3.05, 3.63) is 95.3 Å². The first-order valence-electron chi connectivity index (χ1n) is 10.7. The van der Waals surface area contributed by atoms with E-state index in [4.69, 9.17) is 4.74 Å². The lowest BCUT2D eigenvalue weighted by Gasteiger charge is -2.38. The topological polar surface area (TPSA) is 58.6 Å². The Morgan fingerprint density at radius 1 is 1.03 bits per heavy atom. The molecule has 6 heteroatoms. The van der Waals surface area contributed by atoms with E-state index in [0.29, 0.717) is 18.0 Å². The van der Waals surface area contributed by atoms with Crippen molar-refractivity contribution in [1.29, 1.82) is 0 Å². The highest BCUT2D eigenvalue weighted by Gasteiger charge is 2.65. The second kappa shape index (κ2) is 6.66. The number of carbonyl (C=O) groups excluding carboxylic acids is 2. The van der Waals surface area contributed by atoms with Crippen LogP contribution in [0.2, 0.25) is 0 Å². The van der Waals surface area contributed by atoms with Crippen LogP contribution < -0.4 is 10.1 Å². The van der Waals surface area contributed by atoms with Gasteiger partial charge in [0, 0.05) is 17.4 Å². The van der Waals surface area contributed by atoms with Gasteiger partial charge in [-0.05, 0) is 36.8 Å². The molecule has 0 bridgehead atoms. The van der Waals surface area contributed by atoms with Crippen molar-refractivity contribution in [3.63, 3.8) is 0 Å². The largest absolute Gasteiger partial charge is 0.493 e. The van der Waals surface area contributed by atoms with E-state index in [9.17, 15) is 14.0 Å². The molecule has 1 fully saturated rings. The van der Waals surface area contributed by atoms with Crippen LogP contribution in [0.15, 0.2) is 72.8 Å². The lowest BCUT2D eigenvalue weighted by molar-refractivity contribution is -0.125. The van der Waals surface area contributed by atoms with E-state index >= 15 is 0 Å². The Hall–Kier alpha value is -3.67. The molecule has 0 unspecified atom stereocenters. The molecule has 3 aliphatic heterocycles. The van der Waals surface area contributed by atoms with Crippen molar-refractivity contribution >= 4 is 17.5 Å². The molecule has 0 aliphatic carbocycles. The summed E-state index contributed by atoms with van der Waals surface area (Å²) in [4.78, 5) is 29.5. The average Bonchev–Trinajstić information content (AvgIpc) is 3.06. The second-order valence-electron chi connectivity index (χ2n) is 8.81. The minimum Gasteiger partial charge on any atom is -0.493 e. The molecule has 3 heterocycles. The van der Waals surface area contributed by atoms with E-state index < -0.39 is 11.4 Å². The smallest absolute Gasteiger partial charge is 0.257 e. The Kier molecular flexibility index (Phi) is 3.97.